The normalized spacial score (nSPS) is 15.4. The molecule has 0 heterocycles. The van der Waals surface area contributed by atoms with Gasteiger partial charge in [0.1, 0.15) is 12.2 Å². The summed E-state index contributed by atoms with van der Waals surface area (Å²) in [6.45, 7) is 0. The summed E-state index contributed by atoms with van der Waals surface area (Å²) in [5, 5.41) is 0. The van der Waals surface area contributed by atoms with Gasteiger partial charge in [-0.1, -0.05) is 24.3 Å². The van der Waals surface area contributed by atoms with Crippen molar-refractivity contribution in [2.24, 2.45) is 0 Å². The number of hydrogen-bond donors (Lipinski definition) is 0. The molecule has 0 radical (unpaired) electrons. The molecule has 0 saturated carbocycles. The van der Waals surface area contributed by atoms with E-state index in [1.54, 1.807) is 0 Å². The molecule has 0 aliphatic rings. The molecule has 1 aromatic carbocycles. The molecule has 0 amide bonds. The number of alkyl halides is 10. The van der Waals surface area contributed by atoms with Gasteiger partial charge in [-0.2, -0.15) is 43.9 Å². The highest BCUT2D eigenvalue weighted by atomic mass is 19.4. The molecule has 1 unspecified atom stereocenters. The molecular weight excluding hydrogens is 350 g/mol. The van der Waals surface area contributed by atoms with Gasteiger partial charge in [0.25, 0.3) is 0 Å². The molecule has 0 saturated heterocycles. The second-order valence-corrected chi connectivity index (χ2v) is 4.42. The summed E-state index contributed by atoms with van der Waals surface area (Å²) >= 11 is 0. The first-order valence-corrected chi connectivity index (χ1v) is 5.61. The van der Waals surface area contributed by atoms with E-state index in [2.05, 4.69) is 0 Å². The van der Waals surface area contributed by atoms with Crippen LogP contribution < -0.4 is 0 Å². The molecule has 0 spiro atoms. The highest BCUT2D eigenvalue weighted by molar-refractivity contribution is 5.63. The summed E-state index contributed by atoms with van der Waals surface area (Å²) in [6.07, 6.45) is -12.2. The summed E-state index contributed by atoms with van der Waals surface area (Å²) in [7, 11) is 0. The van der Waals surface area contributed by atoms with Gasteiger partial charge in [-0.25, -0.2) is 0 Å². The first-order chi connectivity index (χ1) is 10.2. The van der Waals surface area contributed by atoms with Crippen molar-refractivity contribution >= 4 is 6.29 Å². The van der Waals surface area contributed by atoms with Gasteiger partial charge in [0.2, 0.25) is 0 Å². The zero-order valence-corrected chi connectivity index (χ0v) is 10.7. The van der Waals surface area contributed by atoms with E-state index in [1.807, 2.05) is 0 Å². The van der Waals surface area contributed by atoms with Crippen LogP contribution in [0.1, 0.15) is 17.0 Å². The molecule has 11 heteroatoms. The number of aldehydes is 1. The monoisotopic (exact) mass is 356 g/mol. The summed E-state index contributed by atoms with van der Waals surface area (Å²) in [4.78, 5) is 10.4. The molecule has 0 bridgehead atoms. The SMILES string of the molecule is O=CC(c1ccc(C(F)(F)C(F)(F)C(F)(F)F)cc1)C(F)(F)F. The van der Waals surface area contributed by atoms with E-state index in [9.17, 15) is 48.7 Å². The topological polar surface area (TPSA) is 17.1 Å². The van der Waals surface area contributed by atoms with Gasteiger partial charge >= 0.3 is 24.2 Å². The smallest absolute Gasteiger partial charge is 0.302 e. The summed E-state index contributed by atoms with van der Waals surface area (Å²) in [5.74, 6) is -14.8. The van der Waals surface area contributed by atoms with Crippen LogP contribution in [-0.4, -0.2) is 24.6 Å². The zero-order chi connectivity index (χ0) is 18.3. The van der Waals surface area contributed by atoms with E-state index in [0.717, 1.165) is 0 Å². The molecule has 1 aromatic rings. The van der Waals surface area contributed by atoms with Crippen LogP contribution in [0.3, 0.4) is 0 Å². The minimum atomic E-state index is -6.56. The molecule has 0 aliphatic heterocycles. The van der Waals surface area contributed by atoms with E-state index in [-0.39, 0.29) is 24.3 Å². The Bertz CT molecular complexity index is 555. The average molecular weight is 356 g/mol. The van der Waals surface area contributed by atoms with Gasteiger partial charge in [-0.05, 0) is 5.56 Å². The fraction of sp³-hybridized carbons (Fsp3) is 0.417. The summed E-state index contributed by atoms with van der Waals surface area (Å²) in [5.41, 5.74) is -2.71. The van der Waals surface area contributed by atoms with Gasteiger partial charge in [0, 0.05) is 5.56 Å². The second kappa shape index (κ2) is 5.68. The molecule has 0 aliphatic carbocycles. The largest absolute Gasteiger partial charge is 0.460 e. The van der Waals surface area contributed by atoms with Crippen molar-refractivity contribution in [1.82, 2.24) is 0 Å². The van der Waals surface area contributed by atoms with Crippen molar-refractivity contribution in [3.8, 4) is 0 Å². The number of carbonyl (C=O) groups excluding carboxylic acids is 1. The lowest BCUT2D eigenvalue weighted by atomic mass is 9.95. The molecule has 0 fully saturated rings. The van der Waals surface area contributed by atoms with E-state index in [1.165, 1.54) is 0 Å². The number of carbonyl (C=O) groups is 1. The number of benzene rings is 1. The molecule has 130 valence electrons. The Morgan fingerprint density at radius 1 is 0.783 bits per heavy atom. The van der Waals surface area contributed by atoms with E-state index in [0.29, 0.717) is 0 Å². The lowest BCUT2D eigenvalue weighted by molar-refractivity contribution is -0.359. The average Bonchev–Trinajstić information content (AvgIpc) is 2.37. The third kappa shape index (κ3) is 3.42. The molecule has 1 nitrogen and oxygen atoms in total. The Labute approximate surface area is 121 Å². The molecule has 0 aromatic heterocycles. The Hall–Kier alpha value is -1.81. The van der Waals surface area contributed by atoms with Crippen LogP contribution in [-0.2, 0) is 10.7 Å². The van der Waals surface area contributed by atoms with Crippen LogP contribution in [0, 0.1) is 0 Å². The maximum atomic E-state index is 13.3. The fourth-order valence-corrected chi connectivity index (χ4v) is 1.60. The van der Waals surface area contributed by atoms with Crippen LogP contribution >= 0.6 is 0 Å². The number of rotatable bonds is 4. The highest BCUT2D eigenvalue weighted by Gasteiger charge is 2.73. The van der Waals surface area contributed by atoms with Crippen molar-refractivity contribution in [2.75, 3.05) is 0 Å². The van der Waals surface area contributed by atoms with E-state index >= 15 is 0 Å². The summed E-state index contributed by atoms with van der Waals surface area (Å²) < 4.78 is 126. The predicted molar refractivity (Wildman–Crippen MR) is 56.2 cm³/mol. The predicted octanol–water partition coefficient (Wildman–Crippen LogP) is 4.82. The van der Waals surface area contributed by atoms with E-state index < -0.39 is 47.5 Å². The maximum absolute atomic E-state index is 13.3. The van der Waals surface area contributed by atoms with Crippen molar-refractivity contribution in [1.29, 1.82) is 0 Å². The Kier molecular flexibility index (Phi) is 4.75. The molecule has 1 atom stereocenters. The van der Waals surface area contributed by atoms with Crippen LogP contribution in [0.5, 0.6) is 0 Å². The van der Waals surface area contributed by atoms with Gasteiger partial charge in [-0.15, -0.1) is 0 Å². The van der Waals surface area contributed by atoms with Crippen molar-refractivity contribution in [3.63, 3.8) is 0 Å². The third-order valence-electron chi connectivity index (χ3n) is 2.87. The molecule has 0 N–H and O–H groups in total. The Morgan fingerprint density at radius 2 is 1.22 bits per heavy atom. The summed E-state index contributed by atoms with van der Waals surface area (Å²) in [6, 6.07) is 0.443. The first kappa shape index (κ1) is 19.2. The molecule has 1 rings (SSSR count). The highest BCUT2D eigenvalue weighted by Crippen LogP contribution is 2.51. The minimum Gasteiger partial charge on any atom is -0.302 e. The number of halogens is 10. The van der Waals surface area contributed by atoms with Crippen LogP contribution in [0.25, 0.3) is 0 Å². The number of hydrogen-bond acceptors (Lipinski definition) is 1. The quantitative estimate of drug-likeness (QED) is 0.558. The van der Waals surface area contributed by atoms with Crippen molar-refractivity contribution < 1.29 is 48.7 Å². The fourth-order valence-electron chi connectivity index (χ4n) is 1.60. The Morgan fingerprint density at radius 3 is 1.52 bits per heavy atom. The third-order valence-corrected chi connectivity index (χ3v) is 2.87. The van der Waals surface area contributed by atoms with Gasteiger partial charge in [0.15, 0.2) is 0 Å². The van der Waals surface area contributed by atoms with Crippen molar-refractivity contribution in [3.05, 3.63) is 35.4 Å². The van der Waals surface area contributed by atoms with Gasteiger partial charge in [0.05, 0.1) is 0 Å². The minimum absolute atomic E-state index is 0.0166. The lowest BCUT2D eigenvalue weighted by Crippen LogP contribution is -2.50. The van der Waals surface area contributed by atoms with E-state index in [4.69, 9.17) is 0 Å². The Balaban J connectivity index is 3.26. The van der Waals surface area contributed by atoms with Crippen LogP contribution in [0.2, 0.25) is 0 Å². The molecular formula is C12H6F10O. The van der Waals surface area contributed by atoms with Gasteiger partial charge < -0.3 is 4.79 Å². The first-order valence-electron chi connectivity index (χ1n) is 5.61. The maximum Gasteiger partial charge on any atom is 0.460 e. The second-order valence-electron chi connectivity index (χ2n) is 4.42. The van der Waals surface area contributed by atoms with Gasteiger partial charge in [-0.3, -0.25) is 0 Å². The lowest BCUT2D eigenvalue weighted by Gasteiger charge is -2.28. The van der Waals surface area contributed by atoms with Crippen molar-refractivity contribution in [2.45, 2.75) is 30.1 Å². The van der Waals surface area contributed by atoms with Crippen LogP contribution in [0.4, 0.5) is 43.9 Å². The van der Waals surface area contributed by atoms with Crippen LogP contribution in [0.15, 0.2) is 24.3 Å². The molecule has 23 heavy (non-hydrogen) atoms. The standard InChI is InChI=1S/C12H6F10O/c13-9(14,11(18,19)12(20,21)22)7-3-1-6(2-4-7)8(5-23)10(15,16)17/h1-5,8H. The zero-order valence-electron chi connectivity index (χ0n) is 10.7.